The predicted octanol–water partition coefficient (Wildman–Crippen LogP) is 1.89. The summed E-state index contributed by atoms with van der Waals surface area (Å²) in [5.41, 5.74) is 0. The van der Waals surface area contributed by atoms with Gasteiger partial charge in [-0.25, -0.2) is 0 Å². The molecule has 8 heteroatoms. The molecule has 0 aromatic carbocycles. The van der Waals surface area contributed by atoms with Gasteiger partial charge < -0.3 is 27.5 Å². The van der Waals surface area contributed by atoms with Gasteiger partial charge in [0.2, 0.25) is 0 Å². The first-order valence-electron chi connectivity index (χ1n) is 5.60. The Kier molecular flexibility index (Phi) is 9.61. The van der Waals surface area contributed by atoms with E-state index in [0.29, 0.717) is 4.95 Å². The zero-order chi connectivity index (χ0) is 14.2. The highest BCUT2D eigenvalue weighted by Crippen LogP contribution is 2.20. The lowest BCUT2D eigenvalue weighted by atomic mass is 10.8. The van der Waals surface area contributed by atoms with Gasteiger partial charge in [-0.1, -0.05) is 15.9 Å². The Labute approximate surface area is 118 Å². The third kappa shape index (κ3) is 6.57. The second-order valence-electron chi connectivity index (χ2n) is 3.58. The molecular formula is C10H23BrO6Si. The van der Waals surface area contributed by atoms with Crippen molar-refractivity contribution in [1.29, 1.82) is 0 Å². The van der Waals surface area contributed by atoms with Crippen LogP contribution in [0.4, 0.5) is 0 Å². The van der Waals surface area contributed by atoms with Crippen molar-refractivity contribution in [3.05, 3.63) is 0 Å². The van der Waals surface area contributed by atoms with Crippen molar-refractivity contribution >= 4 is 24.7 Å². The van der Waals surface area contributed by atoms with Gasteiger partial charge in [0.25, 0.3) is 0 Å². The fourth-order valence-electron chi connectivity index (χ4n) is 1.08. The van der Waals surface area contributed by atoms with Crippen molar-refractivity contribution in [2.24, 2.45) is 0 Å². The Hall–Kier alpha value is 0.457. The lowest BCUT2D eigenvalue weighted by Crippen LogP contribution is -2.54. The highest BCUT2D eigenvalue weighted by Gasteiger charge is 2.45. The SMILES string of the molecule is COC(C)O[Si](CBr)(OC(C)OC)OC(C)OC. The number of halogens is 1. The maximum absolute atomic E-state index is 5.75. The van der Waals surface area contributed by atoms with Crippen LogP contribution in [0.1, 0.15) is 20.8 Å². The number of hydrogen-bond acceptors (Lipinski definition) is 6. The van der Waals surface area contributed by atoms with E-state index in [-0.39, 0.29) is 0 Å². The fraction of sp³-hybridized carbons (Fsp3) is 1.00. The topological polar surface area (TPSA) is 55.4 Å². The van der Waals surface area contributed by atoms with Gasteiger partial charge in [-0.3, -0.25) is 0 Å². The van der Waals surface area contributed by atoms with Crippen LogP contribution in [0.25, 0.3) is 0 Å². The number of rotatable bonds is 10. The molecular weight excluding hydrogens is 324 g/mol. The summed E-state index contributed by atoms with van der Waals surface area (Å²) in [6.07, 6.45) is -1.33. The maximum atomic E-state index is 5.75. The van der Waals surface area contributed by atoms with Crippen molar-refractivity contribution < 1.29 is 27.5 Å². The lowest BCUT2D eigenvalue weighted by molar-refractivity contribution is -0.160. The van der Waals surface area contributed by atoms with Crippen LogP contribution in [0.15, 0.2) is 0 Å². The van der Waals surface area contributed by atoms with E-state index < -0.39 is 27.7 Å². The van der Waals surface area contributed by atoms with Crippen LogP contribution < -0.4 is 0 Å². The van der Waals surface area contributed by atoms with Crippen molar-refractivity contribution in [3.8, 4) is 0 Å². The molecule has 0 aliphatic rings. The van der Waals surface area contributed by atoms with E-state index in [9.17, 15) is 0 Å². The van der Waals surface area contributed by atoms with Crippen molar-refractivity contribution in [3.63, 3.8) is 0 Å². The summed E-state index contributed by atoms with van der Waals surface area (Å²) in [5, 5.41) is 0. The standard InChI is InChI=1S/C10H23BrO6Si/c1-8(12-4)15-18(7-11,16-9(2)13-5)17-10(3)14-6/h8-10H,7H2,1-6H3. The quantitative estimate of drug-likeness (QED) is 0.342. The van der Waals surface area contributed by atoms with Crippen LogP contribution in [0.5, 0.6) is 0 Å². The van der Waals surface area contributed by atoms with E-state index in [1.165, 1.54) is 0 Å². The van der Waals surface area contributed by atoms with Crippen molar-refractivity contribution in [2.75, 3.05) is 26.3 Å². The van der Waals surface area contributed by atoms with Crippen LogP contribution in [0.2, 0.25) is 0 Å². The molecule has 0 saturated carbocycles. The molecule has 0 amide bonds. The Bertz CT molecular complexity index is 189. The van der Waals surface area contributed by atoms with Gasteiger partial charge in [0, 0.05) is 21.3 Å². The molecule has 3 unspecified atom stereocenters. The van der Waals surface area contributed by atoms with E-state index in [1.54, 1.807) is 42.1 Å². The van der Waals surface area contributed by atoms with Gasteiger partial charge >= 0.3 is 8.80 Å². The summed E-state index contributed by atoms with van der Waals surface area (Å²) < 4.78 is 32.5. The molecule has 0 rings (SSSR count). The van der Waals surface area contributed by atoms with E-state index in [2.05, 4.69) is 15.9 Å². The first kappa shape index (κ1) is 18.5. The number of alkyl halides is 1. The zero-order valence-corrected chi connectivity index (χ0v) is 14.4. The first-order chi connectivity index (χ1) is 8.42. The second kappa shape index (κ2) is 9.37. The molecule has 110 valence electrons. The molecule has 0 aromatic heterocycles. The van der Waals surface area contributed by atoms with Crippen LogP contribution in [0, 0.1) is 0 Å². The Morgan fingerprint density at radius 2 is 1.06 bits per heavy atom. The maximum Gasteiger partial charge on any atom is 0.517 e. The minimum Gasteiger partial charge on any atom is -0.357 e. The Morgan fingerprint density at radius 1 is 0.778 bits per heavy atom. The summed E-state index contributed by atoms with van der Waals surface area (Å²) in [6.45, 7) is 5.31. The summed E-state index contributed by atoms with van der Waals surface area (Å²) in [5.74, 6) is 0. The van der Waals surface area contributed by atoms with Crippen molar-refractivity contribution in [2.45, 2.75) is 39.6 Å². The van der Waals surface area contributed by atoms with Crippen LogP contribution in [-0.2, 0) is 27.5 Å². The summed E-state index contributed by atoms with van der Waals surface area (Å²) in [4.78, 5) is 0.412. The van der Waals surface area contributed by atoms with Gasteiger partial charge in [-0.2, -0.15) is 0 Å². The molecule has 0 aromatic rings. The molecule has 18 heavy (non-hydrogen) atoms. The molecule has 6 nitrogen and oxygen atoms in total. The predicted molar refractivity (Wildman–Crippen MR) is 72.2 cm³/mol. The van der Waals surface area contributed by atoms with Gasteiger partial charge in [0.1, 0.15) is 18.9 Å². The molecule has 0 saturated heterocycles. The fourth-order valence-corrected chi connectivity index (χ4v) is 4.43. The van der Waals surface area contributed by atoms with Gasteiger partial charge in [-0.15, -0.1) is 0 Å². The lowest BCUT2D eigenvalue weighted by Gasteiger charge is -2.33. The number of methoxy groups -OCH3 is 3. The van der Waals surface area contributed by atoms with Crippen molar-refractivity contribution in [1.82, 2.24) is 0 Å². The molecule has 0 aliphatic carbocycles. The third-order valence-electron chi connectivity index (χ3n) is 2.20. The number of ether oxygens (including phenoxy) is 3. The van der Waals surface area contributed by atoms with E-state index in [4.69, 9.17) is 27.5 Å². The molecule has 0 bridgehead atoms. The van der Waals surface area contributed by atoms with Gasteiger partial charge in [0.05, 0.1) is 4.95 Å². The van der Waals surface area contributed by atoms with Gasteiger partial charge in [-0.05, 0) is 20.8 Å². The van der Waals surface area contributed by atoms with Crippen LogP contribution in [0.3, 0.4) is 0 Å². The zero-order valence-electron chi connectivity index (χ0n) is 11.8. The highest BCUT2D eigenvalue weighted by atomic mass is 79.9. The molecule has 0 aliphatic heterocycles. The van der Waals surface area contributed by atoms with E-state index in [0.717, 1.165) is 0 Å². The van der Waals surface area contributed by atoms with Crippen LogP contribution in [-0.4, -0.2) is 54.0 Å². The average molecular weight is 347 g/mol. The molecule has 0 spiro atoms. The summed E-state index contributed by atoms with van der Waals surface area (Å²) in [7, 11) is 1.68. The average Bonchev–Trinajstić information content (AvgIpc) is 2.37. The minimum atomic E-state index is -2.98. The van der Waals surface area contributed by atoms with E-state index >= 15 is 0 Å². The highest BCUT2D eigenvalue weighted by molar-refractivity contribution is 9.09. The smallest absolute Gasteiger partial charge is 0.357 e. The Balaban J connectivity index is 4.81. The Morgan fingerprint density at radius 3 is 1.22 bits per heavy atom. The second-order valence-corrected chi connectivity index (χ2v) is 7.60. The summed E-state index contributed by atoms with van der Waals surface area (Å²) >= 11 is 3.37. The third-order valence-corrected chi connectivity index (χ3v) is 6.66. The molecule has 3 atom stereocenters. The largest absolute Gasteiger partial charge is 0.517 e. The number of hydrogen-bond donors (Lipinski definition) is 0. The normalized spacial score (nSPS) is 20.2. The first-order valence-corrected chi connectivity index (χ1v) is 8.66. The van der Waals surface area contributed by atoms with E-state index in [1.807, 2.05) is 0 Å². The molecule has 0 radical (unpaired) electrons. The van der Waals surface area contributed by atoms with Gasteiger partial charge in [0.15, 0.2) is 0 Å². The summed E-state index contributed by atoms with van der Waals surface area (Å²) in [6, 6.07) is 0. The molecule has 0 fully saturated rings. The molecule has 0 N–H and O–H groups in total. The molecule has 0 heterocycles. The monoisotopic (exact) mass is 346 g/mol. The van der Waals surface area contributed by atoms with Crippen LogP contribution >= 0.6 is 15.9 Å². The minimum absolute atomic E-state index is 0.412.